The molecule has 2 atom stereocenters. The maximum atomic E-state index is 14.3. The molecule has 8 nitrogen and oxygen atoms in total. The lowest BCUT2D eigenvalue weighted by Crippen LogP contribution is -2.67. The summed E-state index contributed by atoms with van der Waals surface area (Å²) in [5, 5.41) is 1.08. The van der Waals surface area contributed by atoms with Crippen molar-refractivity contribution in [3.63, 3.8) is 0 Å². The fourth-order valence-corrected chi connectivity index (χ4v) is 6.52. The molecule has 1 aromatic heterocycles. The summed E-state index contributed by atoms with van der Waals surface area (Å²) in [5.74, 6) is 1.27. The molecule has 8 heteroatoms. The van der Waals surface area contributed by atoms with E-state index < -0.39 is 5.54 Å². The summed E-state index contributed by atoms with van der Waals surface area (Å²) in [5.41, 5.74) is 2.80. The Morgan fingerprint density at radius 3 is 2.54 bits per heavy atom. The summed E-state index contributed by atoms with van der Waals surface area (Å²) in [6.45, 7) is 15.4. The maximum absolute atomic E-state index is 14.3. The van der Waals surface area contributed by atoms with Crippen molar-refractivity contribution in [1.29, 1.82) is 0 Å². The minimum Gasteiger partial charge on any atom is -0.490 e. The molecule has 220 valence electrons. The first-order valence-electron chi connectivity index (χ1n) is 15.2. The summed E-state index contributed by atoms with van der Waals surface area (Å²) >= 11 is 0. The zero-order chi connectivity index (χ0) is 29.1. The van der Waals surface area contributed by atoms with Crippen LogP contribution in [0.1, 0.15) is 70.2 Å². The Morgan fingerprint density at radius 1 is 1.02 bits per heavy atom. The number of nitrogens with one attached hydrogen (secondary N) is 1. The molecule has 0 unspecified atom stereocenters. The zero-order valence-electron chi connectivity index (χ0n) is 25.2. The van der Waals surface area contributed by atoms with E-state index in [1.165, 1.54) is 0 Å². The minimum atomic E-state index is -1.09. The molecule has 2 amide bonds. The van der Waals surface area contributed by atoms with E-state index in [1.807, 2.05) is 44.2 Å². The smallest absolute Gasteiger partial charge is 0.254 e. The van der Waals surface area contributed by atoms with Gasteiger partial charge in [0.05, 0.1) is 25.5 Å². The number of rotatable bonds is 12. The quantitative estimate of drug-likeness (QED) is 0.333. The fourth-order valence-electron chi connectivity index (χ4n) is 6.52. The van der Waals surface area contributed by atoms with E-state index in [9.17, 15) is 9.59 Å². The highest BCUT2D eigenvalue weighted by atomic mass is 16.5. The van der Waals surface area contributed by atoms with Gasteiger partial charge in [0.15, 0.2) is 17.0 Å². The van der Waals surface area contributed by atoms with Crippen LogP contribution in [0.15, 0.2) is 42.5 Å². The number of hydrogen-bond acceptors (Lipinski definition) is 5. The highest BCUT2D eigenvalue weighted by Gasteiger charge is 2.56. The number of hydrogen-bond donors (Lipinski definition) is 1. The summed E-state index contributed by atoms with van der Waals surface area (Å²) in [6.07, 6.45) is 1.75. The molecule has 1 saturated heterocycles. The van der Waals surface area contributed by atoms with Gasteiger partial charge in [0.1, 0.15) is 0 Å². The van der Waals surface area contributed by atoms with Crippen LogP contribution >= 0.6 is 0 Å². The van der Waals surface area contributed by atoms with Crippen LogP contribution in [-0.2, 0) is 15.1 Å². The first kappa shape index (κ1) is 29.0. The minimum absolute atomic E-state index is 0.0128. The molecule has 0 radical (unpaired) electrons. The molecule has 0 bridgehead atoms. The average molecular weight is 561 g/mol. The number of nitrogens with zero attached hydrogens (tertiary/aromatic N) is 3. The van der Waals surface area contributed by atoms with Gasteiger partial charge in [-0.05, 0) is 75.6 Å². The van der Waals surface area contributed by atoms with Crippen molar-refractivity contribution in [2.24, 2.45) is 0 Å². The SMILES string of the molecule is CCCOc1ccc([C@H]2CN3C(=O)CN(CCCN(CC)CC)C(=O)[C@]3(C)c3[nH]c4ccccc4c32)cc1OCC. The first-order valence-corrected chi connectivity index (χ1v) is 15.2. The lowest BCUT2D eigenvalue weighted by atomic mass is 9.76. The molecule has 2 aliphatic heterocycles. The number of para-hydroxylation sites is 1. The van der Waals surface area contributed by atoms with Gasteiger partial charge in [-0.1, -0.05) is 45.0 Å². The monoisotopic (exact) mass is 560 g/mol. The zero-order valence-corrected chi connectivity index (χ0v) is 25.2. The number of benzene rings is 2. The van der Waals surface area contributed by atoms with Gasteiger partial charge in [-0.15, -0.1) is 0 Å². The van der Waals surface area contributed by atoms with Gasteiger partial charge < -0.3 is 29.2 Å². The highest BCUT2D eigenvalue weighted by molar-refractivity contribution is 6.01. The number of H-pyrrole nitrogens is 1. The van der Waals surface area contributed by atoms with Gasteiger partial charge in [0.2, 0.25) is 5.91 Å². The number of aromatic amines is 1. The lowest BCUT2D eigenvalue weighted by Gasteiger charge is -2.51. The highest BCUT2D eigenvalue weighted by Crippen LogP contribution is 2.49. The molecule has 1 fully saturated rings. The van der Waals surface area contributed by atoms with Crippen LogP contribution in [0.5, 0.6) is 11.5 Å². The van der Waals surface area contributed by atoms with Crippen LogP contribution in [0.3, 0.4) is 0 Å². The Bertz CT molecular complexity index is 1400. The van der Waals surface area contributed by atoms with E-state index in [-0.39, 0.29) is 24.3 Å². The molecule has 5 rings (SSSR count). The average Bonchev–Trinajstić information content (AvgIpc) is 3.38. The van der Waals surface area contributed by atoms with Crippen LogP contribution in [0.2, 0.25) is 0 Å². The van der Waals surface area contributed by atoms with E-state index in [2.05, 4.69) is 42.8 Å². The van der Waals surface area contributed by atoms with Crippen molar-refractivity contribution in [2.75, 3.05) is 52.5 Å². The molecule has 3 heterocycles. The predicted molar refractivity (Wildman–Crippen MR) is 162 cm³/mol. The molecule has 0 spiro atoms. The second-order valence-electron chi connectivity index (χ2n) is 11.2. The molecule has 1 N–H and O–H groups in total. The largest absolute Gasteiger partial charge is 0.490 e. The van der Waals surface area contributed by atoms with Gasteiger partial charge in [-0.2, -0.15) is 0 Å². The number of piperazine rings is 1. The van der Waals surface area contributed by atoms with Gasteiger partial charge in [-0.25, -0.2) is 0 Å². The van der Waals surface area contributed by atoms with Crippen molar-refractivity contribution >= 4 is 22.7 Å². The van der Waals surface area contributed by atoms with Crippen LogP contribution in [0.25, 0.3) is 10.9 Å². The van der Waals surface area contributed by atoms with Gasteiger partial charge >= 0.3 is 0 Å². The Morgan fingerprint density at radius 2 is 1.80 bits per heavy atom. The number of amides is 2. The number of aromatic nitrogens is 1. The van der Waals surface area contributed by atoms with E-state index in [4.69, 9.17) is 9.47 Å². The van der Waals surface area contributed by atoms with Gasteiger partial charge in [0.25, 0.3) is 5.91 Å². The van der Waals surface area contributed by atoms with E-state index in [0.29, 0.717) is 32.1 Å². The third-order valence-electron chi connectivity index (χ3n) is 8.75. The van der Waals surface area contributed by atoms with Crippen molar-refractivity contribution in [3.8, 4) is 11.5 Å². The lowest BCUT2D eigenvalue weighted by molar-refractivity contribution is -0.166. The molecule has 2 aliphatic rings. The van der Waals surface area contributed by atoms with Crippen molar-refractivity contribution in [1.82, 2.24) is 19.7 Å². The second-order valence-corrected chi connectivity index (χ2v) is 11.2. The Balaban J connectivity index is 1.56. The predicted octanol–water partition coefficient (Wildman–Crippen LogP) is 5.12. The fraction of sp³-hybridized carbons (Fsp3) is 0.515. The molecule has 0 aliphatic carbocycles. The number of ether oxygens (including phenoxy) is 2. The molecular weight excluding hydrogens is 516 g/mol. The number of fused-ring (bicyclic) bond motifs is 5. The molecular formula is C33H44N4O4. The Kier molecular flexibility index (Phi) is 8.59. The molecule has 3 aromatic rings. The van der Waals surface area contributed by atoms with Gasteiger partial charge in [-0.3, -0.25) is 9.59 Å². The third kappa shape index (κ3) is 5.18. The molecule has 41 heavy (non-hydrogen) atoms. The number of carbonyl (C=O) groups excluding carboxylic acids is 2. The Labute approximate surface area is 243 Å². The first-order chi connectivity index (χ1) is 19.9. The summed E-state index contributed by atoms with van der Waals surface area (Å²) in [4.78, 5) is 37.6. The topological polar surface area (TPSA) is 78.1 Å². The third-order valence-corrected chi connectivity index (χ3v) is 8.75. The summed E-state index contributed by atoms with van der Waals surface area (Å²) in [7, 11) is 0. The van der Waals surface area contributed by atoms with Gasteiger partial charge in [0, 0.05) is 29.9 Å². The van der Waals surface area contributed by atoms with E-state index >= 15 is 0 Å². The normalized spacial score (nSPS) is 20.5. The molecule has 0 saturated carbocycles. The summed E-state index contributed by atoms with van der Waals surface area (Å²) < 4.78 is 12.0. The van der Waals surface area contributed by atoms with Crippen molar-refractivity contribution < 1.29 is 19.1 Å². The second kappa shape index (κ2) is 12.1. The summed E-state index contributed by atoms with van der Waals surface area (Å²) in [6, 6.07) is 14.3. The maximum Gasteiger partial charge on any atom is 0.254 e. The van der Waals surface area contributed by atoms with Crippen molar-refractivity contribution in [2.45, 2.75) is 58.9 Å². The standard InChI is InChI=1S/C33H44N4O4/c1-6-19-41-27-16-15-23(20-28(27)40-9-4)25-21-37-29(38)22-36(18-12-17-35(7-2)8-3)32(39)33(37,5)31-30(25)24-13-10-11-14-26(24)34-31/h10-11,13-16,20,25,34H,6-9,12,17-19,21-22H2,1-5H3/t25-,33+/m1/s1. The van der Waals surface area contributed by atoms with Crippen LogP contribution in [-0.4, -0.2) is 84.0 Å². The van der Waals surface area contributed by atoms with Crippen LogP contribution in [0, 0.1) is 0 Å². The van der Waals surface area contributed by atoms with Crippen LogP contribution in [0.4, 0.5) is 0 Å². The Hall–Kier alpha value is -3.52. The van der Waals surface area contributed by atoms with Crippen molar-refractivity contribution in [3.05, 3.63) is 59.3 Å². The number of carbonyl (C=O) groups is 2. The molecule has 2 aromatic carbocycles. The van der Waals surface area contributed by atoms with E-state index in [1.54, 1.807) is 9.80 Å². The van der Waals surface area contributed by atoms with Crippen LogP contribution < -0.4 is 9.47 Å². The van der Waals surface area contributed by atoms with E-state index in [0.717, 1.165) is 65.9 Å².